The molecule has 4 rings (SSSR count). The Hall–Kier alpha value is -3.79. The normalized spacial score (nSPS) is 13.4. The van der Waals surface area contributed by atoms with Crippen molar-refractivity contribution in [2.75, 3.05) is 43.4 Å². The molecule has 1 aliphatic heterocycles. The van der Waals surface area contributed by atoms with Gasteiger partial charge in [-0.2, -0.15) is 0 Å². The number of ether oxygens (including phenoxy) is 1. The molecule has 39 heavy (non-hydrogen) atoms. The minimum absolute atomic E-state index is 0.321. The molecule has 10 nitrogen and oxygen atoms in total. The van der Waals surface area contributed by atoms with Crippen molar-refractivity contribution in [1.82, 2.24) is 24.8 Å². The van der Waals surface area contributed by atoms with Gasteiger partial charge in [0.2, 0.25) is 5.95 Å². The first-order valence-corrected chi connectivity index (χ1v) is 13.7. The van der Waals surface area contributed by atoms with Gasteiger partial charge in [-0.1, -0.05) is 6.07 Å². The maximum absolute atomic E-state index is 11.9. The molecule has 10 heteroatoms. The number of carbonyl (C=O) groups is 1. The molecule has 208 valence electrons. The number of aryl methyl sites for hydroxylation is 4. The molecule has 4 heterocycles. The van der Waals surface area contributed by atoms with Crippen molar-refractivity contribution < 1.29 is 14.6 Å². The number of anilines is 2. The largest absolute Gasteiger partial charge is 0.491 e. The lowest BCUT2D eigenvalue weighted by atomic mass is 10.1. The van der Waals surface area contributed by atoms with Crippen molar-refractivity contribution in [3.63, 3.8) is 0 Å². The maximum Gasteiger partial charge on any atom is 0.326 e. The van der Waals surface area contributed by atoms with E-state index in [1.807, 2.05) is 26.0 Å². The Morgan fingerprint density at radius 3 is 2.69 bits per heavy atom. The zero-order valence-electron chi connectivity index (χ0n) is 22.9. The van der Waals surface area contributed by atoms with Crippen molar-refractivity contribution >= 4 is 17.7 Å². The van der Waals surface area contributed by atoms with Crippen LogP contribution in [0.2, 0.25) is 0 Å². The highest BCUT2D eigenvalue weighted by Crippen LogP contribution is 2.20. The second-order valence-corrected chi connectivity index (χ2v) is 10.0. The van der Waals surface area contributed by atoms with Crippen LogP contribution in [0.15, 0.2) is 42.9 Å². The lowest BCUT2D eigenvalue weighted by molar-refractivity contribution is -0.138. The van der Waals surface area contributed by atoms with Crippen molar-refractivity contribution in [1.29, 1.82) is 0 Å². The summed E-state index contributed by atoms with van der Waals surface area (Å²) in [4.78, 5) is 31.7. The van der Waals surface area contributed by atoms with Gasteiger partial charge in [0.15, 0.2) is 0 Å². The zero-order chi connectivity index (χ0) is 27.5. The predicted octanol–water partition coefficient (Wildman–Crippen LogP) is 3.90. The van der Waals surface area contributed by atoms with E-state index >= 15 is 0 Å². The topological polar surface area (TPSA) is 125 Å². The summed E-state index contributed by atoms with van der Waals surface area (Å²) in [6.45, 7) is 7.44. The maximum atomic E-state index is 11.9. The molecular weight excluding hydrogens is 494 g/mol. The van der Waals surface area contributed by atoms with Crippen LogP contribution in [0.3, 0.4) is 0 Å². The van der Waals surface area contributed by atoms with Crippen LogP contribution in [0.4, 0.5) is 11.8 Å². The third-order valence-electron chi connectivity index (χ3n) is 6.79. The summed E-state index contributed by atoms with van der Waals surface area (Å²) in [5, 5.41) is 16.2. The standard InChI is InChI=1S/C29H39N7O3/c1-21-18-32-29(33-19-21)35-26(28(37)38)12-15-36(16-17-39-25-11-8-22(2)31-20-25)14-4-3-7-24-10-9-23-6-5-13-30-27(23)34-24/h8-11,18-20,26H,3-7,12-17H2,1-2H3,(H,30,34)(H,37,38)(H,32,33,35). The van der Waals surface area contributed by atoms with E-state index in [-0.39, 0.29) is 0 Å². The van der Waals surface area contributed by atoms with Gasteiger partial charge in [0.25, 0.3) is 0 Å². The average Bonchev–Trinajstić information content (AvgIpc) is 2.94. The van der Waals surface area contributed by atoms with Gasteiger partial charge in [-0.3, -0.25) is 9.88 Å². The molecule has 0 aliphatic carbocycles. The summed E-state index contributed by atoms with van der Waals surface area (Å²) < 4.78 is 5.91. The molecule has 0 radical (unpaired) electrons. The second-order valence-electron chi connectivity index (χ2n) is 10.0. The van der Waals surface area contributed by atoms with Crippen molar-refractivity contribution in [2.45, 2.75) is 58.4 Å². The molecule has 0 amide bonds. The quantitative estimate of drug-likeness (QED) is 0.248. The van der Waals surface area contributed by atoms with Crippen LogP contribution < -0.4 is 15.4 Å². The average molecular weight is 534 g/mol. The van der Waals surface area contributed by atoms with Gasteiger partial charge in [0, 0.05) is 43.4 Å². The first-order valence-electron chi connectivity index (χ1n) is 13.7. The van der Waals surface area contributed by atoms with Gasteiger partial charge in [-0.25, -0.2) is 19.7 Å². The van der Waals surface area contributed by atoms with E-state index in [0.29, 0.717) is 32.1 Å². The second kappa shape index (κ2) is 14.4. The highest BCUT2D eigenvalue weighted by atomic mass is 16.5. The third kappa shape index (κ3) is 9.17. The molecule has 0 bridgehead atoms. The summed E-state index contributed by atoms with van der Waals surface area (Å²) in [7, 11) is 0. The Balaban J connectivity index is 1.29. The number of carboxylic acid groups (broad SMARTS) is 1. The Labute approximate surface area is 230 Å². The monoisotopic (exact) mass is 533 g/mol. The summed E-state index contributed by atoms with van der Waals surface area (Å²) in [5.41, 5.74) is 4.28. The van der Waals surface area contributed by atoms with Crippen molar-refractivity contribution in [3.8, 4) is 5.75 Å². The minimum atomic E-state index is -0.923. The number of unbranched alkanes of at least 4 members (excludes halogenated alkanes) is 1. The van der Waals surface area contributed by atoms with Crippen molar-refractivity contribution in [2.24, 2.45) is 0 Å². The van der Waals surface area contributed by atoms with Gasteiger partial charge >= 0.3 is 5.97 Å². The van der Waals surface area contributed by atoms with E-state index in [1.54, 1.807) is 18.6 Å². The Morgan fingerprint density at radius 2 is 1.92 bits per heavy atom. The van der Waals surface area contributed by atoms with Crippen LogP contribution in [-0.2, 0) is 17.6 Å². The van der Waals surface area contributed by atoms with Gasteiger partial charge in [0.05, 0.1) is 6.20 Å². The van der Waals surface area contributed by atoms with Crippen LogP contribution in [0.25, 0.3) is 0 Å². The fraction of sp³-hybridized carbons (Fsp3) is 0.483. The third-order valence-corrected chi connectivity index (χ3v) is 6.79. The van der Waals surface area contributed by atoms with Crippen molar-refractivity contribution in [3.05, 3.63) is 65.4 Å². The number of aromatic nitrogens is 4. The van der Waals surface area contributed by atoms with Crippen LogP contribution in [0, 0.1) is 13.8 Å². The molecule has 3 aromatic heterocycles. The van der Waals surface area contributed by atoms with E-state index in [4.69, 9.17) is 9.72 Å². The van der Waals surface area contributed by atoms with Crippen LogP contribution >= 0.6 is 0 Å². The first kappa shape index (κ1) is 28.2. The van der Waals surface area contributed by atoms with E-state index < -0.39 is 12.0 Å². The first-order chi connectivity index (χ1) is 19.0. The Bertz CT molecular complexity index is 1190. The molecule has 3 N–H and O–H groups in total. The summed E-state index contributed by atoms with van der Waals surface area (Å²) in [5.74, 6) is 1.16. The lowest BCUT2D eigenvalue weighted by Crippen LogP contribution is -2.37. The number of fused-ring (bicyclic) bond motifs is 1. The molecular formula is C29H39N7O3. The zero-order valence-corrected chi connectivity index (χ0v) is 22.9. The van der Waals surface area contributed by atoms with Gasteiger partial charge in [-0.15, -0.1) is 0 Å². The molecule has 1 aliphatic rings. The Morgan fingerprint density at radius 1 is 1.08 bits per heavy atom. The molecule has 1 unspecified atom stereocenters. The van der Waals surface area contributed by atoms with Gasteiger partial charge in [0.1, 0.15) is 24.2 Å². The molecule has 0 saturated carbocycles. The fourth-order valence-corrected chi connectivity index (χ4v) is 4.51. The predicted molar refractivity (Wildman–Crippen MR) is 151 cm³/mol. The lowest BCUT2D eigenvalue weighted by Gasteiger charge is -2.24. The molecule has 1 atom stereocenters. The van der Waals surface area contributed by atoms with E-state index in [9.17, 15) is 9.90 Å². The number of aliphatic carboxylic acids is 1. The Kier molecular flexibility index (Phi) is 10.4. The van der Waals surface area contributed by atoms with Crippen LogP contribution in [0.1, 0.15) is 48.2 Å². The van der Waals surface area contributed by atoms with E-state index in [2.05, 4.69) is 42.6 Å². The summed E-state index contributed by atoms with van der Waals surface area (Å²) >= 11 is 0. The number of pyridine rings is 2. The van der Waals surface area contributed by atoms with Gasteiger partial charge in [-0.05, 0) is 88.2 Å². The number of hydrogen-bond acceptors (Lipinski definition) is 9. The van der Waals surface area contributed by atoms with Gasteiger partial charge < -0.3 is 20.5 Å². The summed E-state index contributed by atoms with van der Waals surface area (Å²) in [6.07, 6.45) is 10.6. The summed E-state index contributed by atoms with van der Waals surface area (Å²) in [6, 6.07) is 7.39. The smallest absolute Gasteiger partial charge is 0.326 e. The van der Waals surface area contributed by atoms with E-state index in [0.717, 1.165) is 73.7 Å². The van der Waals surface area contributed by atoms with Crippen LogP contribution in [-0.4, -0.2) is 74.7 Å². The highest BCUT2D eigenvalue weighted by Gasteiger charge is 2.20. The fourth-order valence-electron chi connectivity index (χ4n) is 4.51. The number of carboxylic acids is 1. The molecule has 0 spiro atoms. The number of hydrogen-bond donors (Lipinski definition) is 3. The number of rotatable bonds is 15. The molecule has 0 fully saturated rings. The minimum Gasteiger partial charge on any atom is -0.491 e. The highest BCUT2D eigenvalue weighted by molar-refractivity contribution is 5.76. The molecule has 0 saturated heterocycles. The van der Waals surface area contributed by atoms with E-state index in [1.165, 1.54) is 5.56 Å². The SMILES string of the molecule is Cc1cnc(NC(CCN(CCCCc2ccc3c(n2)NCCC3)CCOc2ccc(C)nc2)C(=O)O)nc1. The number of nitrogens with one attached hydrogen (secondary N) is 2. The number of nitrogens with zero attached hydrogens (tertiary/aromatic N) is 5. The molecule has 0 aromatic carbocycles. The molecule has 3 aromatic rings. The van der Waals surface area contributed by atoms with Crippen LogP contribution in [0.5, 0.6) is 5.75 Å².